The van der Waals surface area contributed by atoms with Crippen LogP contribution in [0.25, 0.3) is 0 Å². The lowest BCUT2D eigenvalue weighted by Crippen LogP contribution is -2.28. The number of ketones is 1. The molecule has 2 aromatic rings. The van der Waals surface area contributed by atoms with Crippen molar-refractivity contribution in [2.24, 2.45) is 5.73 Å². The second-order valence-electron chi connectivity index (χ2n) is 4.90. The van der Waals surface area contributed by atoms with Crippen molar-refractivity contribution in [2.75, 3.05) is 0 Å². The maximum Gasteiger partial charge on any atom is 0.454 e. The smallest absolute Gasteiger partial charge is 0.316 e. The maximum atomic E-state index is 12.1. The van der Waals surface area contributed by atoms with Gasteiger partial charge in [-0.25, -0.2) is 0 Å². The van der Waals surface area contributed by atoms with Gasteiger partial charge in [-0.1, -0.05) is 44.0 Å². The van der Waals surface area contributed by atoms with Gasteiger partial charge in [0.1, 0.15) is 6.04 Å². The van der Waals surface area contributed by atoms with Crippen molar-refractivity contribution >= 4 is 37.6 Å². The highest BCUT2D eigenvalue weighted by molar-refractivity contribution is 9.10. The Morgan fingerprint density at radius 1 is 0.808 bits per heavy atom. The Bertz CT molecular complexity index is 726. The zero-order valence-electron chi connectivity index (χ0n) is 12.7. The van der Waals surface area contributed by atoms with E-state index in [1.165, 1.54) is 36.4 Å². The highest BCUT2D eigenvalue weighted by Gasteiger charge is 2.39. The quantitative estimate of drug-likeness (QED) is 0.389. The van der Waals surface area contributed by atoms with Crippen LogP contribution in [-0.4, -0.2) is 18.1 Å². The largest absolute Gasteiger partial charge is 0.454 e. The Balaban J connectivity index is 0.000000260. The van der Waals surface area contributed by atoms with E-state index in [1.807, 2.05) is 0 Å². The van der Waals surface area contributed by atoms with E-state index in [4.69, 9.17) is 5.73 Å². The lowest BCUT2D eigenvalue weighted by Gasteiger charge is -2.15. The summed E-state index contributed by atoms with van der Waals surface area (Å²) in [6.45, 7) is 0. The first kappa shape index (κ1) is 22.7. The van der Waals surface area contributed by atoms with Crippen molar-refractivity contribution in [3.05, 3.63) is 68.6 Å². The van der Waals surface area contributed by atoms with Gasteiger partial charge in [-0.15, -0.1) is 0 Å². The molecule has 0 bridgehead atoms. The molecule has 0 fully saturated rings. The highest BCUT2D eigenvalue weighted by Crippen LogP contribution is 2.30. The minimum Gasteiger partial charge on any atom is -0.316 e. The summed E-state index contributed by atoms with van der Waals surface area (Å²) in [5.74, 6) is -1.82. The van der Waals surface area contributed by atoms with Crippen LogP contribution in [-0.2, 0) is 0 Å². The molecule has 2 aromatic carbocycles. The van der Waals surface area contributed by atoms with Crippen LogP contribution < -0.4 is 5.73 Å². The number of carbonyl (C=O) groups is 1. The molecule has 10 heteroatoms. The lowest BCUT2D eigenvalue weighted by atomic mass is 10.1. The van der Waals surface area contributed by atoms with Crippen LogP contribution in [0.4, 0.5) is 26.3 Å². The number of alkyl halides is 6. The second kappa shape index (κ2) is 9.01. The first-order valence-electron chi connectivity index (χ1n) is 6.77. The fraction of sp³-hybridized carbons (Fsp3) is 0.188. The molecule has 0 saturated heterocycles. The number of Topliss-reactive ketones (excluding diaryl/α,β-unsaturated/α-hetero) is 1. The molecule has 0 radical (unpaired) electrons. The zero-order valence-corrected chi connectivity index (χ0v) is 15.9. The molecule has 2 rings (SSSR count). The third kappa shape index (κ3) is 7.08. The Kier molecular flexibility index (Phi) is 7.85. The van der Waals surface area contributed by atoms with E-state index < -0.39 is 24.2 Å². The molecule has 0 aliphatic heterocycles. The average Bonchev–Trinajstić information content (AvgIpc) is 2.54. The Morgan fingerprint density at radius 2 is 1.19 bits per heavy atom. The molecule has 2 N–H and O–H groups in total. The van der Waals surface area contributed by atoms with Crippen molar-refractivity contribution in [2.45, 2.75) is 18.4 Å². The standard InChI is InChI=1S/C8H7BrF3N.C8H4BrF3O/c2*9-6-3-1-5(2-4-6)7(13)8(10,11)12/h1-4,7H,13H2;1-4H. The molecule has 1 atom stereocenters. The van der Waals surface area contributed by atoms with Gasteiger partial charge >= 0.3 is 12.4 Å². The van der Waals surface area contributed by atoms with Crippen LogP contribution >= 0.6 is 31.9 Å². The Morgan fingerprint density at radius 3 is 1.54 bits per heavy atom. The van der Waals surface area contributed by atoms with Gasteiger partial charge in [0.25, 0.3) is 5.78 Å². The Hall–Kier alpha value is -1.39. The predicted molar refractivity (Wildman–Crippen MR) is 91.7 cm³/mol. The number of carbonyl (C=O) groups excluding carboxylic acids is 1. The van der Waals surface area contributed by atoms with Gasteiger partial charge in [-0.3, -0.25) is 4.79 Å². The van der Waals surface area contributed by atoms with Crippen LogP contribution in [0.2, 0.25) is 0 Å². The molecule has 26 heavy (non-hydrogen) atoms. The van der Waals surface area contributed by atoms with E-state index in [1.54, 1.807) is 0 Å². The number of rotatable bonds is 2. The summed E-state index contributed by atoms with van der Waals surface area (Å²) in [5, 5.41) is 0. The van der Waals surface area contributed by atoms with Gasteiger partial charge in [0.05, 0.1) is 0 Å². The molecule has 2 nitrogen and oxygen atoms in total. The SMILES string of the molecule is NC(c1ccc(Br)cc1)C(F)(F)F.O=C(c1ccc(Br)cc1)C(F)(F)F. The fourth-order valence-electron chi connectivity index (χ4n) is 1.62. The lowest BCUT2D eigenvalue weighted by molar-refractivity contribution is -0.149. The number of nitrogens with two attached hydrogens (primary N) is 1. The first-order valence-corrected chi connectivity index (χ1v) is 8.36. The number of hydrogen-bond acceptors (Lipinski definition) is 2. The van der Waals surface area contributed by atoms with Crippen LogP contribution in [0.3, 0.4) is 0 Å². The van der Waals surface area contributed by atoms with Gasteiger partial charge in [-0.05, 0) is 42.0 Å². The first-order chi connectivity index (χ1) is 11.8. The topological polar surface area (TPSA) is 43.1 Å². The normalized spacial score (nSPS) is 12.8. The van der Waals surface area contributed by atoms with Crippen LogP contribution in [0, 0.1) is 0 Å². The van der Waals surface area contributed by atoms with Gasteiger partial charge < -0.3 is 5.73 Å². The molecule has 142 valence electrons. The number of hydrogen-bond donors (Lipinski definition) is 1. The van der Waals surface area contributed by atoms with E-state index in [2.05, 4.69) is 31.9 Å². The molecule has 0 spiro atoms. The molecule has 1 unspecified atom stereocenters. The van der Waals surface area contributed by atoms with Crippen molar-refractivity contribution in [3.63, 3.8) is 0 Å². The minimum absolute atomic E-state index is 0.0655. The molecule has 0 heterocycles. The van der Waals surface area contributed by atoms with E-state index >= 15 is 0 Å². The summed E-state index contributed by atoms with van der Waals surface area (Å²) in [6.07, 6.45) is -9.18. The predicted octanol–water partition coefficient (Wildman–Crippen LogP) is 6.21. The van der Waals surface area contributed by atoms with E-state index in [-0.39, 0.29) is 11.1 Å². The van der Waals surface area contributed by atoms with Crippen LogP contribution in [0.15, 0.2) is 57.5 Å². The monoisotopic (exact) mass is 505 g/mol. The van der Waals surface area contributed by atoms with Crippen molar-refractivity contribution in [1.82, 2.24) is 0 Å². The molecular formula is C16H11Br2F6NO. The van der Waals surface area contributed by atoms with E-state index in [0.29, 0.717) is 4.47 Å². The number of benzene rings is 2. The molecule has 0 aromatic heterocycles. The molecular weight excluding hydrogens is 496 g/mol. The summed E-state index contributed by atoms with van der Waals surface area (Å²) in [4.78, 5) is 10.6. The van der Waals surface area contributed by atoms with Crippen molar-refractivity contribution < 1.29 is 31.1 Å². The Labute approximate surface area is 161 Å². The van der Waals surface area contributed by atoms with Crippen LogP contribution in [0.5, 0.6) is 0 Å². The number of halogens is 8. The third-order valence-corrected chi connectivity index (χ3v) is 4.00. The van der Waals surface area contributed by atoms with Crippen molar-refractivity contribution in [1.29, 1.82) is 0 Å². The van der Waals surface area contributed by atoms with Gasteiger partial charge in [-0.2, -0.15) is 26.3 Å². The average molecular weight is 507 g/mol. The van der Waals surface area contributed by atoms with Crippen molar-refractivity contribution in [3.8, 4) is 0 Å². The zero-order chi connectivity index (χ0) is 20.1. The molecule has 0 saturated carbocycles. The summed E-state index contributed by atoms with van der Waals surface area (Å²) in [5.41, 5.74) is 4.70. The molecule has 0 amide bonds. The highest BCUT2D eigenvalue weighted by atomic mass is 79.9. The maximum absolute atomic E-state index is 12.1. The summed E-state index contributed by atoms with van der Waals surface area (Å²) < 4.78 is 73.3. The minimum atomic E-state index is -4.80. The van der Waals surface area contributed by atoms with Crippen LogP contribution in [0.1, 0.15) is 22.0 Å². The molecule has 0 aliphatic rings. The van der Waals surface area contributed by atoms with E-state index in [0.717, 1.165) is 16.6 Å². The third-order valence-electron chi connectivity index (χ3n) is 2.95. The molecule has 0 aliphatic carbocycles. The summed E-state index contributed by atoms with van der Waals surface area (Å²) in [7, 11) is 0. The van der Waals surface area contributed by atoms with Gasteiger partial charge in [0, 0.05) is 14.5 Å². The fourth-order valence-corrected chi connectivity index (χ4v) is 2.15. The summed E-state index contributed by atoms with van der Waals surface area (Å²) in [6, 6.07) is 8.88. The van der Waals surface area contributed by atoms with Gasteiger partial charge in [0.2, 0.25) is 0 Å². The summed E-state index contributed by atoms with van der Waals surface area (Å²) >= 11 is 6.18. The second-order valence-corrected chi connectivity index (χ2v) is 6.74. The van der Waals surface area contributed by atoms with E-state index in [9.17, 15) is 31.1 Å². The van der Waals surface area contributed by atoms with Gasteiger partial charge in [0.15, 0.2) is 0 Å².